The Bertz CT molecular complexity index is 430. The van der Waals surface area contributed by atoms with E-state index < -0.39 is 0 Å². The van der Waals surface area contributed by atoms with E-state index in [1.807, 2.05) is 6.92 Å². The molecule has 2 rings (SSSR count). The van der Waals surface area contributed by atoms with Crippen molar-refractivity contribution >= 4 is 5.82 Å². The van der Waals surface area contributed by atoms with Crippen molar-refractivity contribution in [3.8, 4) is 5.88 Å². The average molecular weight is 277 g/mol. The second-order valence-corrected chi connectivity index (χ2v) is 5.68. The van der Waals surface area contributed by atoms with Gasteiger partial charge in [-0.2, -0.15) is 4.98 Å². The molecule has 1 aromatic rings. The van der Waals surface area contributed by atoms with Crippen LogP contribution in [0.4, 0.5) is 5.82 Å². The molecule has 0 unspecified atom stereocenters. The van der Waals surface area contributed by atoms with Crippen molar-refractivity contribution < 1.29 is 4.74 Å². The lowest BCUT2D eigenvalue weighted by Gasteiger charge is -2.14. The summed E-state index contributed by atoms with van der Waals surface area (Å²) in [6.07, 6.45) is 6.94. The van der Waals surface area contributed by atoms with Gasteiger partial charge in [0.25, 0.3) is 0 Å². The number of anilines is 1. The van der Waals surface area contributed by atoms with Gasteiger partial charge in [0, 0.05) is 13.0 Å². The van der Waals surface area contributed by atoms with Crippen LogP contribution in [0.2, 0.25) is 0 Å². The highest BCUT2D eigenvalue weighted by molar-refractivity contribution is 5.48. The molecular weight excluding hydrogens is 250 g/mol. The van der Waals surface area contributed by atoms with Gasteiger partial charge in [-0.3, -0.25) is 0 Å². The lowest BCUT2D eigenvalue weighted by Crippen LogP contribution is -2.11. The van der Waals surface area contributed by atoms with E-state index in [1.54, 1.807) is 0 Å². The van der Waals surface area contributed by atoms with Crippen molar-refractivity contribution in [3.05, 3.63) is 11.4 Å². The predicted molar refractivity (Wildman–Crippen MR) is 82.4 cm³/mol. The van der Waals surface area contributed by atoms with E-state index >= 15 is 0 Å². The Morgan fingerprint density at radius 3 is 2.65 bits per heavy atom. The van der Waals surface area contributed by atoms with Gasteiger partial charge in [0.15, 0.2) is 0 Å². The van der Waals surface area contributed by atoms with Gasteiger partial charge >= 0.3 is 0 Å². The van der Waals surface area contributed by atoms with Crippen molar-refractivity contribution in [2.75, 3.05) is 18.5 Å². The zero-order valence-electron chi connectivity index (χ0n) is 13.0. The minimum absolute atomic E-state index is 0.766. The third-order valence-corrected chi connectivity index (χ3v) is 3.63. The van der Waals surface area contributed by atoms with E-state index in [2.05, 4.69) is 29.1 Å². The molecule has 0 saturated heterocycles. The number of nitrogens with zero attached hydrogens (tertiary/aromatic N) is 2. The SMILES string of the molecule is CCCNc1nc(CCC)nc(OCCC2CC2)c1C. The fourth-order valence-corrected chi connectivity index (χ4v) is 2.16. The van der Waals surface area contributed by atoms with Gasteiger partial charge in [-0.05, 0) is 32.1 Å². The van der Waals surface area contributed by atoms with Crippen LogP contribution in [-0.2, 0) is 6.42 Å². The van der Waals surface area contributed by atoms with Crippen LogP contribution < -0.4 is 10.1 Å². The molecule has 0 amide bonds. The maximum absolute atomic E-state index is 5.90. The Morgan fingerprint density at radius 1 is 1.20 bits per heavy atom. The normalized spacial score (nSPS) is 14.3. The van der Waals surface area contributed by atoms with Crippen molar-refractivity contribution in [2.45, 2.75) is 59.3 Å². The second-order valence-electron chi connectivity index (χ2n) is 5.68. The highest BCUT2D eigenvalue weighted by Crippen LogP contribution is 2.32. The number of ether oxygens (including phenoxy) is 1. The first-order valence-electron chi connectivity index (χ1n) is 7.98. The molecule has 4 nitrogen and oxygen atoms in total. The summed E-state index contributed by atoms with van der Waals surface area (Å²) >= 11 is 0. The second kappa shape index (κ2) is 7.46. The smallest absolute Gasteiger partial charge is 0.221 e. The molecule has 1 saturated carbocycles. The lowest BCUT2D eigenvalue weighted by molar-refractivity contribution is 0.288. The summed E-state index contributed by atoms with van der Waals surface area (Å²) in [4.78, 5) is 9.19. The zero-order chi connectivity index (χ0) is 14.4. The summed E-state index contributed by atoms with van der Waals surface area (Å²) in [6, 6.07) is 0. The molecule has 1 N–H and O–H groups in total. The summed E-state index contributed by atoms with van der Waals surface area (Å²) in [5, 5.41) is 3.38. The first kappa shape index (κ1) is 15.1. The van der Waals surface area contributed by atoms with Crippen LogP contribution in [0.3, 0.4) is 0 Å². The first-order chi connectivity index (χ1) is 9.74. The van der Waals surface area contributed by atoms with Crippen LogP contribution in [0.1, 0.15) is 57.3 Å². The number of hydrogen-bond acceptors (Lipinski definition) is 4. The Balaban J connectivity index is 2.06. The average Bonchev–Trinajstić information content (AvgIpc) is 3.25. The van der Waals surface area contributed by atoms with Crippen LogP contribution in [-0.4, -0.2) is 23.1 Å². The highest BCUT2D eigenvalue weighted by Gasteiger charge is 2.21. The molecule has 1 heterocycles. The standard InChI is InChI=1S/C16H27N3O/c1-4-6-14-18-15(17-10-5-2)12(3)16(19-14)20-11-9-13-7-8-13/h13H,4-11H2,1-3H3,(H,17,18,19). The molecule has 4 heteroatoms. The number of nitrogens with one attached hydrogen (secondary N) is 1. The Hall–Kier alpha value is -1.32. The summed E-state index contributed by atoms with van der Waals surface area (Å²) < 4.78 is 5.90. The van der Waals surface area contributed by atoms with Crippen molar-refractivity contribution in [1.29, 1.82) is 0 Å². The Kier molecular flexibility index (Phi) is 5.62. The minimum Gasteiger partial charge on any atom is -0.477 e. The topological polar surface area (TPSA) is 47.0 Å². The largest absolute Gasteiger partial charge is 0.477 e. The molecule has 0 bridgehead atoms. The van der Waals surface area contributed by atoms with Crippen LogP contribution in [0.25, 0.3) is 0 Å². The van der Waals surface area contributed by atoms with Gasteiger partial charge in [0.1, 0.15) is 11.6 Å². The predicted octanol–water partition coefficient (Wildman–Crippen LogP) is 3.74. The quantitative estimate of drug-likeness (QED) is 0.747. The highest BCUT2D eigenvalue weighted by atomic mass is 16.5. The van der Waals surface area contributed by atoms with E-state index in [4.69, 9.17) is 4.74 Å². The molecule has 0 aromatic carbocycles. The maximum Gasteiger partial charge on any atom is 0.221 e. The van der Waals surface area contributed by atoms with Gasteiger partial charge in [-0.1, -0.05) is 26.7 Å². The van der Waals surface area contributed by atoms with Crippen molar-refractivity contribution in [1.82, 2.24) is 9.97 Å². The maximum atomic E-state index is 5.90. The van der Waals surface area contributed by atoms with Gasteiger partial charge in [0.05, 0.1) is 12.2 Å². The van der Waals surface area contributed by atoms with E-state index in [0.29, 0.717) is 0 Å². The summed E-state index contributed by atoms with van der Waals surface area (Å²) in [5.74, 6) is 3.48. The molecule has 0 radical (unpaired) electrons. The zero-order valence-corrected chi connectivity index (χ0v) is 13.0. The van der Waals surface area contributed by atoms with Gasteiger partial charge in [0.2, 0.25) is 5.88 Å². The molecule has 1 fully saturated rings. The molecule has 112 valence electrons. The monoisotopic (exact) mass is 277 g/mol. The fourth-order valence-electron chi connectivity index (χ4n) is 2.16. The molecule has 0 atom stereocenters. The molecule has 0 spiro atoms. The lowest BCUT2D eigenvalue weighted by atomic mass is 10.2. The number of rotatable bonds is 9. The molecule has 1 aliphatic rings. The third kappa shape index (κ3) is 4.36. The number of hydrogen-bond donors (Lipinski definition) is 1. The summed E-state index contributed by atoms with van der Waals surface area (Å²) in [7, 11) is 0. The van der Waals surface area contributed by atoms with Crippen LogP contribution in [0.5, 0.6) is 5.88 Å². The number of aryl methyl sites for hydroxylation is 1. The van der Waals surface area contributed by atoms with E-state index in [1.165, 1.54) is 12.8 Å². The summed E-state index contributed by atoms with van der Waals surface area (Å²) in [6.45, 7) is 8.06. The van der Waals surface area contributed by atoms with E-state index in [9.17, 15) is 0 Å². The Labute approximate surface area is 122 Å². The van der Waals surface area contributed by atoms with Crippen molar-refractivity contribution in [2.24, 2.45) is 5.92 Å². The minimum atomic E-state index is 0.766. The first-order valence-corrected chi connectivity index (χ1v) is 7.98. The molecule has 0 aliphatic heterocycles. The fraction of sp³-hybridized carbons (Fsp3) is 0.750. The number of aromatic nitrogens is 2. The van der Waals surface area contributed by atoms with Crippen molar-refractivity contribution in [3.63, 3.8) is 0 Å². The van der Waals surface area contributed by atoms with Crippen LogP contribution in [0, 0.1) is 12.8 Å². The Morgan fingerprint density at radius 2 is 2.00 bits per heavy atom. The molecular formula is C16H27N3O. The molecule has 1 aliphatic carbocycles. The van der Waals surface area contributed by atoms with Crippen LogP contribution in [0.15, 0.2) is 0 Å². The molecule has 20 heavy (non-hydrogen) atoms. The van der Waals surface area contributed by atoms with Gasteiger partial charge in [-0.25, -0.2) is 4.98 Å². The molecule has 1 aromatic heterocycles. The van der Waals surface area contributed by atoms with Gasteiger partial charge < -0.3 is 10.1 Å². The van der Waals surface area contributed by atoms with E-state index in [-0.39, 0.29) is 0 Å². The van der Waals surface area contributed by atoms with Crippen LogP contribution >= 0.6 is 0 Å². The van der Waals surface area contributed by atoms with E-state index in [0.717, 1.165) is 67.8 Å². The third-order valence-electron chi connectivity index (χ3n) is 3.63. The van der Waals surface area contributed by atoms with Gasteiger partial charge in [-0.15, -0.1) is 0 Å². The summed E-state index contributed by atoms with van der Waals surface area (Å²) in [5.41, 5.74) is 1.04.